The SMILES string of the molecule is CCC(C)OCCOC1C(C)OC12CC2C. The van der Waals surface area contributed by atoms with E-state index in [1.807, 2.05) is 0 Å². The van der Waals surface area contributed by atoms with Gasteiger partial charge < -0.3 is 14.2 Å². The molecule has 1 aliphatic carbocycles. The van der Waals surface area contributed by atoms with Crippen LogP contribution in [0.2, 0.25) is 0 Å². The lowest BCUT2D eigenvalue weighted by molar-refractivity contribution is -0.259. The molecule has 94 valence electrons. The van der Waals surface area contributed by atoms with Crippen molar-refractivity contribution in [2.45, 2.75) is 64.4 Å². The van der Waals surface area contributed by atoms with E-state index in [4.69, 9.17) is 14.2 Å². The highest BCUT2D eigenvalue weighted by molar-refractivity contribution is 5.16. The van der Waals surface area contributed by atoms with Gasteiger partial charge in [-0.25, -0.2) is 0 Å². The molecule has 0 radical (unpaired) electrons. The van der Waals surface area contributed by atoms with E-state index in [0.29, 0.717) is 31.3 Å². The average molecular weight is 228 g/mol. The summed E-state index contributed by atoms with van der Waals surface area (Å²) < 4.78 is 17.3. The minimum Gasteiger partial charge on any atom is -0.376 e. The van der Waals surface area contributed by atoms with Crippen LogP contribution in [0.1, 0.15) is 40.5 Å². The van der Waals surface area contributed by atoms with Crippen LogP contribution >= 0.6 is 0 Å². The van der Waals surface area contributed by atoms with Gasteiger partial charge in [-0.1, -0.05) is 13.8 Å². The Morgan fingerprint density at radius 3 is 2.56 bits per heavy atom. The summed E-state index contributed by atoms with van der Waals surface area (Å²) in [5.74, 6) is 0.671. The molecule has 1 saturated heterocycles. The van der Waals surface area contributed by atoms with Gasteiger partial charge >= 0.3 is 0 Å². The average Bonchev–Trinajstić information content (AvgIpc) is 2.91. The molecular formula is C13H24O3. The molecule has 16 heavy (non-hydrogen) atoms. The highest BCUT2D eigenvalue weighted by atomic mass is 16.6. The summed E-state index contributed by atoms with van der Waals surface area (Å²) in [6.45, 7) is 9.95. The quantitative estimate of drug-likeness (QED) is 0.653. The molecule has 0 bridgehead atoms. The molecule has 2 fully saturated rings. The predicted octanol–water partition coefficient (Wildman–Crippen LogP) is 2.38. The van der Waals surface area contributed by atoms with Crippen molar-refractivity contribution in [3.8, 4) is 0 Å². The van der Waals surface area contributed by atoms with Crippen LogP contribution in [0.15, 0.2) is 0 Å². The number of hydrogen-bond acceptors (Lipinski definition) is 3. The molecule has 2 aliphatic rings. The lowest BCUT2D eigenvalue weighted by Crippen LogP contribution is -2.57. The van der Waals surface area contributed by atoms with Crippen LogP contribution in [0.5, 0.6) is 0 Å². The summed E-state index contributed by atoms with van der Waals surface area (Å²) in [6, 6.07) is 0. The minimum absolute atomic E-state index is 0.0792. The zero-order chi connectivity index (χ0) is 11.8. The molecule has 1 saturated carbocycles. The van der Waals surface area contributed by atoms with E-state index in [1.165, 1.54) is 0 Å². The summed E-state index contributed by atoms with van der Waals surface area (Å²) in [5, 5.41) is 0. The molecule has 1 aliphatic heterocycles. The Hall–Kier alpha value is -0.120. The van der Waals surface area contributed by atoms with Gasteiger partial charge in [0, 0.05) is 0 Å². The molecule has 0 aromatic heterocycles. The molecule has 0 aromatic rings. The Morgan fingerprint density at radius 1 is 1.38 bits per heavy atom. The first-order valence-electron chi connectivity index (χ1n) is 6.51. The van der Waals surface area contributed by atoms with Crippen LogP contribution in [0, 0.1) is 5.92 Å². The zero-order valence-corrected chi connectivity index (χ0v) is 10.9. The molecule has 3 nitrogen and oxygen atoms in total. The van der Waals surface area contributed by atoms with E-state index >= 15 is 0 Å². The molecule has 0 N–H and O–H groups in total. The maximum absolute atomic E-state index is 5.88. The maximum Gasteiger partial charge on any atom is 0.113 e. The summed E-state index contributed by atoms with van der Waals surface area (Å²) in [7, 11) is 0. The third-order valence-electron chi connectivity index (χ3n) is 3.97. The van der Waals surface area contributed by atoms with Crippen molar-refractivity contribution < 1.29 is 14.2 Å². The van der Waals surface area contributed by atoms with E-state index in [1.54, 1.807) is 0 Å². The van der Waals surface area contributed by atoms with Crippen molar-refractivity contribution in [3.63, 3.8) is 0 Å². The predicted molar refractivity (Wildman–Crippen MR) is 62.5 cm³/mol. The van der Waals surface area contributed by atoms with E-state index in [-0.39, 0.29) is 11.7 Å². The van der Waals surface area contributed by atoms with Crippen LogP contribution < -0.4 is 0 Å². The van der Waals surface area contributed by atoms with Crippen LogP contribution in [0.4, 0.5) is 0 Å². The van der Waals surface area contributed by atoms with Gasteiger partial charge in [0.15, 0.2) is 0 Å². The van der Waals surface area contributed by atoms with Gasteiger partial charge in [0.25, 0.3) is 0 Å². The Balaban J connectivity index is 1.63. The highest BCUT2D eigenvalue weighted by Crippen LogP contribution is 2.58. The first kappa shape index (κ1) is 12.3. The van der Waals surface area contributed by atoms with Crippen LogP contribution in [-0.2, 0) is 14.2 Å². The van der Waals surface area contributed by atoms with Gasteiger partial charge in [-0.15, -0.1) is 0 Å². The van der Waals surface area contributed by atoms with Crippen LogP contribution in [-0.4, -0.2) is 37.1 Å². The molecule has 3 heteroatoms. The fourth-order valence-corrected chi connectivity index (χ4v) is 2.60. The second kappa shape index (κ2) is 4.63. The van der Waals surface area contributed by atoms with Gasteiger partial charge in [0.05, 0.1) is 25.4 Å². The fourth-order valence-electron chi connectivity index (χ4n) is 2.60. The minimum atomic E-state index is 0.0792. The largest absolute Gasteiger partial charge is 0.376 e. The summed E-state index contributed by atoms with van der Waals surface area (Å²) >= 11 is 0. The molecule has 1 spiro atoms. The van der Waals surface area contributed by atoms with Gasteiger partial charge in [0.2, 0.25) is 0 Å². The zero-order valence-electron chi connectivity index (χ0n) is 10.9. The summed E-state index contributed by atoms with van der Waals surface area (Å²) in [6.07, 6.45) is 3.11. The monoisotopic (exact) mass is 228 g/mol. The van der Waals surface area contributed by atoms with E-state index in [9.17, 15) is 0 Å². The van der Waals surface area contributed by atoms with Crippen molar-refractivity contribution in [2.24, 2.45) is 5.92 Å². The number of rotatable bonds is 6. The highest BCUT2D eigenvalue weighted by Gasteiger charge is 2.68. The van der Waals surface area contributed by atoms with Crippen LogP contribution in [0.25, 0.3) is 0 Å². The molecular weight excluding hydrogens is 204 g/mol. The van der Waals surface area contributed by atoms with Crippen molar-refractivity contribution in [3.05, 3.63) is 0 Å². The first-order valence-corrected chi connectivity index (χ1v) is 6.51. The van der Waals surface area contributed by atoms with Crippen molar-refractivity contribution in [2.75, 3.05) is 13.2 Å². The third-order valence-corrected chi connectivity index (χ3v) is 3.97. The number of hydrogen-bond donors (Lipinski definition) is 0. The Labute approximate surface area is 98.4 Å². The third kappa shape index (κ3) is 2.13. The smallest absolute Gasteiger partial charge is 0.113 e. The molecule has 2 rings (SSSR count). The molecule has 5 unspecified atom stereocenters. The van der Waals surface area contributed by atoms with Gasteiger partial charge in [-0.3, -0.25) is 0 Å². The fraction of sp³-hybridized carbons (Fsp3) is 1.00. The Kier molecular flexibility index (Phi) is 3.57. The topological polar surface area (TPSA) is 27.7 Å². The van der Waals surface area contributed by atoms with Crippen molar-refractivity contribution in [1.82, 2.24) is 0 Å². The van der Waals surface area contributed by atoms with Gasteiger partial charge in [-0.2, -0.15) is 0 Å². The lowest BCUT2D eigenvalue weighted by Gasteiger charge is -2.44. The summed E-state index contributed by atoms with van der Waals surface area (Å²) in [5.41, 5.74) is 0.0792. The van der Waals surface area contributed by atoms with E-state index in [0.717, 1.165) is 12.8 Å². The number of ether oxygens (including phenoxy) is 3. The Bertz CT molecular complexity index is 243. The van der Waals surface area contributed by atoms with Crippen molar-refractivity contribution >= 4 is 0 Å². The van der Waals surface area contributed by atoms with Crippen LogP contribution in [0.3, 0.4) is 0 Å². The standard InChI is InChI=1S/C13H24O3/c1-5-10(3)14-6-7-15-12-11(4)16-13(12)8-9(13)2/h9-12H,5-8H2,1-4H3. The van der Waals surface area contributed by atoms with Gasteiger partial charge in [0.1, 0.15) is 11.7 Å². The normalized spacial score (nSPS) is 43.1. The lowest BCUT2D eigenvalue weighted by atomic mass is 9.98. The summed E-state index contributed by atoms with van der Waals surface area (Å²) in [4.78, 5) is 0. The van der Waals surface area contributed by atoms with E-state index in [2.05, 4.69) is 27.7 Å². The molecule has 0 aromatic carbocycles. The Morgan fingerprint density at radius 2 is 2.06 bits per heavy atom. The second-order valence-corrected chi connectivity index (χ2v) is 5.26. The molecule has 1 heterocycles. The maximum atomic E-state index is 5.88. The molecule has 5 atom stereocenters. The second-order valence-electron chi connectivity index (χ2n) is 5.26. The van der Waals surface area contributed by atoms with Gasteiger partial charge in [-0.05, 0) is 32.6 Å². The van der Waals surface area contributed by atoms with E-state index < -0.39 is 0 Å². The first-order chi connectivity index (χ1) is 7.60. The molecule has 0 amide bonds. The van der Waals surface area contributed by atoms with Crippen molar-refractivity contribution in [1.29, 1.82) is 0 Å².